The van der Waals surface area contributed by atoms with Crippen molar-refractivity contribution < 1.29 is 0 Å². The standard InChI is InChI=1S/C14H22N2S/c15-14-3-1-2-12(14)9-16(13-4-5-13)8-11-6-7-17-10-11/h6-7,10,12-14H,1-5,8-9,15H2. The average Bonchev–Trinajstić information content (AvgIpc) is 2.91. The lowest BCUT2D eigenvalue weighted by Gasteiger charge is -2.27. The van der Waals surface area contributed by atoms with E-state index in [1.54, 1.807) is 11.3 Å². The molecule has 3 rings (SSSR count). The molecule has 0 aliphatic heterocycles. The topological polar surface area (TPSA) is 29.3 Å². The van der Waals surface area contributed by atoms with E-state index in [0.717, 1.165) is 18.5 Å². The summed E-state index contributed by atoms with van der Waals surface area (Å²) in [6.45, 7) is 2.36. The maximum atomic E-state index is 6.20. The maximum Gasteiger partial charge on any atom is 0.0245 e. The molecule has 17 heavy (non-hydrogen) atoms. The van der Waals surface area contributed by atoms with Gasteiger partial charge in [-0.05, 0) is 54.0 Å². The third-order valence-corrected chi connectivity index (χ3v) is 4.95. The summed E-state index contributed by atoms with van der Waals surface area (Å²) >= 11 is 1.81. The highest BCUT2D eigenvalue weighted by molar-refractivity contribution is 7.07. The first kappa shape index (κ1) is 11.7. The van der Waals surface area contributed by atoms with Crippen molar-refractivity contribution in [3.63, 3.8) is 0 Å². The number of hydrogen-bond acceptors (Lipinski definition) is 3. The van der Waals surface area contributed by atoms with Gasteiger partial charge >= 0.3 is 0 Å². The molecule has 2 aliphatic rings. The van der Waals surface area contributed by atoms with E-state index >= 15 is 0 Å². The van der Waals surface area contributed by atoms with Gasteiger partial charge in [-0.25, -0.2) is 0 Å². The van der Waals surface area contributed by atoms with Gasteiger partial charge in [0.25, 0.3) is 0 Å². The zero-order valence-corrected chi connectivity index (χ0v) is 11.2. The average molecular weight is 250 g/mol. The van der Waals surface area contributed by atoms with Crippen LogP contribution in [0.3, 0.4) is 0 Å². The molecule has 0 spiro atoms. The van der Waals surface area contributed by atoms with Gasteiger partial charge in [-0.2, -0.15) is 11.3 Å². The molecule has 2 aliphatic carbocycles. The van der Waals surface area contributed by atoms with Crippen molar-refractivity contribution in [2.75, 3.05) is 6.54 Å². The van der Waals surface area contributed by atoms with E-state index < -0.39 is 0 Å². The Morgan fingerprint density at radius 3 is 2.76 bits per heavy atom. The summed E-state index contributed by atoms with van der Waals surface area (Å²) in [5.74, 6) is 0.745. The SMILES string of the molecule is NC1CCCC1CN(Cc1ccsc1)C1CC1. The van der Waals surface area contributed by atoms with Gasteiger partial charge < -0.3 is 5.73 Å². The molecule has 0 amide bonds. The first-order valence-corrected chi connectivity index (χ1v) is 7.78. The first-order chi connectivity index (χ1) is 8.33. The Morgan fingerprint density at radius 1 is 1.29 bits per heavy atom. The molecule has 2 unspecified atom stereocenters. The van der Waals surface area contributed by atoms with Crippen LogP contribution in [0.4, 0.5) is 0 Å². The molecule has 1 heterocycles. The molecule has 2 atom stereocenters. The lowest BCUT2D eigenvalue weighted by molar-refractivity contribution is 0.206. The van der Waals surface area contributed by atoms with Crippen LogP contribution in [0, 0.1) is 5.92 Å². The number of hydrogen-bond donors (Lipinski definition) is 1. The number of nitrogens with zero attached hydrogens (tertiary/aromatic N) is 1. The first-order valence-electron chi connectivity index (χ1n) is 6.83. The zero-order chi connectivity index (χ0) is 11.7. The van der Waals surface area contributed by atoms with Crippen molar-refractivity contribution in [2.45, 2.75) is 50.7 Å². The van der Waals surface area contributed by atoms with Crippen LogP contribution >= 0.6 is 11.3 Å². The molecule has 2 nitrogen and oxygen atoms in total. The molecule has 94 valence electrons. The van der Waals surface area contributed by atoms with Crippen LogP contribution in [0.25, 0.3) is 0 Å². The molecular formula is C14H22N2S. The monoisotopic (exact) mass is 250 g/mol. The third-order valence-electron chi connectivity index (χ3n) is 4.22. The minimum absolute atomic E-state index is 0.457. The van der Waals surface area contributed by atoms with Crippen LogP contribution in [0.1, 0.15) is 37.7 Å². The fourth-order valence-corrected chi connectivity index (χ4v) is 3.65. The fraction of sp³-hybridized carbons (Fsp3) is 0.714. The van der Waals surface area contributed by atoms with Gasteiger partial charge in [0.05, 0.1) is 0 Å². The van der Waals surface area contributed by atoms with Gasteiger partial charge in [-0.15, -0.1) is 0 Å². The second-order valence-electron chi connectivity index (χ2n) is 5.65. The van der Waals surface area contributed by atoms with Crippen LogP contribution in [0.5, 0.6) is 0 Å². The highest BCUT2D eigenvalue weighted by Crippen LogP contribution is 2.32. The highest BCUT2D eigenvalue weighted by atomic mass is 32.1. The molecule has 0 aromatic carbocycles. The van der Waals surface area contributed by atoms with E-state index in [2.05, 4.69) is 21.7 Å². The summed E-state index contributed by atoms with van der Waals surface area (Å²) in [5.41, 5.74) is 7.68. The molecule has 2 N–H and O–H groups in total. The van der Waals surface area contributed by atoms with Crippen LogP contribution in [0.15, 0.2) is 16.8 Å². The molecule has 0 bridgehead atoms. The Hall–Kier alpha value is -0.380. The van der Waals surface area contributed by atoms with Gasteiger partial charge in [0.1, 0.15) is 0 Å². The van der Waals surface area contributed by atoms with Gasteiger partial charge in [-0.1, -0.05) is 6.42 Å². The van der Waals surface area contributed by atoms with Gasteiger partial charge in [0.15, 0.2) is 0 Å². The number of rotatable bonds is 5. The molecule has 1 aromatic heterocycles. The van der Waals surface area contributed by atoms with Crippen LogP contribution in [-0.2, 0) is 6.54 Å². The minimum atomic E-state index is 0.457. The fourth-order valence-electron chi connectivity index (χ4n) is 2.99. The summed E-state index contributed by atoms with van der Waals surface area (Å²) in [6.07, 6.45) is 6.70. The van der Waals surface area contributed by atoms with E-state index in [1.807, 2.05) is 0 Å². The second kappa shape index (κ2) is 5.09. The van der Waals surface area contributed by atoms with Crippen molar-refractivity contribution >= 4 is 11.3 Å². The predicted octanol–water partition coefficient (Wildman–Crippen LogP) is 2.84. The van der Waals surface area contributed by atoms with E-state index in [9.17, 15) is 0 Å². The summed E-state index contributed by atoms with van der Waals surface area (Å²) in [7, 11) is 0. The normalized spacial score (nSPS) is 29.1. The van der Waals surface area contributed by atoms with Gasteiger partial charge in [0, 0.05) is 25.2 Å². The maximum absolute atomic E-state index is 6.20. The number of nitrogens with two attached hydrogens (primary N) is 1. The molecule has 0 saturated heterocycles. The van der Waals surface area contributed by atoms with Crippen LogP contribution in [-0.4, -0.2) is 23.5 Å². The van der Waals surface area contributed by atoms with Crippen molar-refractivity contribution in [3.05, 3.63) is 22.4 Å². The van der Waals surface area contributed by atoms with Crippen molar-refractivity contribution in [3.8, 4) is 0 Å². The van der Waals surface area contributed by atoms with Gasteiger partial charge in [-0.3, -0.25) is 4.90 Å². The molecular weight excluding hydrogens is 228 g/mol. The summed E-state index contributed by atoms with van der Waals surface area (Å²) in [6, 6.07) is 3.57. The Balaban J connectivity index is 1.60. The molecule has 0 radical (unpaired) electrons. The molecule has 2 saturated carbocycles. The summed E-state index contributed by atoms with van der Waals surface area (Å²) in [4.78, 5) is 2.68. The Morgan fingerprint density at radius 2 is 2.18 bits per heavy atom. The smallest absolute Gasteiger partial charge is 0.0245 e. The van der Waals surface area contributed by atoms with E-state index in [4.69, 9.17) is 5.73 Å². The Labute approximate surface area is 108 Å². The minimum Gasteiger partial charge on any atom is -0.327 e. The van der Waals surface area contributed by atoms with E-state index in [1.165, 1.54) is 44.2 Å². The van der Waals surface area contributed by atoms with Crippen LogP contribution in [0.2, 0.25) is 0 Å². The van der Waals surface area contributed by atoms with Crippen molar-refractivity contribution in [1.82, 2.24) is 4.90 Å². The number of thiophene rings is 1. The van der Waals surface area contributed by atoms with E-state index in [-0.39, 0.29) is 0 Å². The quantitative estimate of drug-likeness (QED) is 0.870. The highest BCUT2D eigenvalue weighted by Gasteiger charge is 2.33. The molecule has 3 heteroatoms. The summed E-state index contributed by atoms with van der Waals surface area (Å²) in [5, 5.41) is 4.46. The zero-order valence-electron chi connectivity index (χ0n) is 10.3. The molecule has 1 aromatic rings. The Kier molecular flexibility index (Phi) is 3.50. The summed E-state index contributed by atoms with van der Waals surface area (Å²) < 4.78 is 0. The lowest BCUT2D eigenvalue weighted by atomic mass is 10.0. The predicted molar refractivity (Wildman–Crippen MR) is 73.1 cm³/mol. The second-order valence-corrected chi connectivity index (χ2v) is 6.43. The van der Waals surface area contributed by atoms with Crippen molar-refractivity contribution in [1.29, 1.82) is 0 Å². The van der Waals surface area contributed by atoms with Crippen LogP contribution < -0.4 is 5.73 Å². The third kappa shape index (κ3) is 2.90. The largest absolute Gasteiger partial charge is 0.327 e. The van der Waals surface area contributed by atoms with Gasteiger partial charge in [0.2, 0.25) is 0 Å². The van der Waals surface area contributed by atoms with Crippen molar-refractivity contribution in [2.24, 2.45) is 11.7 Å². The molecule has 2 fully saturated rings. The Bertz CT molecular complexity index is 345. The van der Waals surface area contributed by atoms with E-state index in [0.29, 0.717) is 6.04 Å². The lowest BCUT2D eigenvalue weighted by Crippen LogP contribution is -2.37.